The molecule has 6 heteroatoms. The predicted molar refractivity (Wildman–Crippen MR) is 108 cm³/mol. The lowest BCUT2D eigenvalue weighted by molar-refractivity contribution is 0.417. The second kappa shape index (κ2) is 7.35. The molecule has 0 bridgehead atoms. The van der Waals surface area contributed by atoms with Gasteiger partial charge in [0, 0.05) is 11.3 Å². The Morgan fingerprint density at radius 3 is 2.57 bits per heavy atom. The summed E-state index contributed by atoms with van der Waals surface area (Å²) in [5.74, 6) is 2.07. The van der Waals surface area contributed by atoms with Crippen LogP contribution in [0.2, 0.25) is 0 Å². The number of nitrogens with zero attached hydrogens (tertiary/aromatic N) is 4. The van der Waals surface area contributed by atoms with Gasteiger partial charge < -0.3 is 10.1 Å². The van der Waals surface area contributed by atoms with Crippen LogP contribution in [0, 0.1) is 25.2 Å². The van der Waals surface area contributed by atoms with Crippen molar-refractivity contribution in [3.05, 3.63) is 58.4 Å². The molecular formula is C22H23N5O. The molecule has 3 aromatic rings. The molecular weight excluding hydrogens is 350 g/mol. The van der Waals surface area contributed by atoms with Crippen LogP contribution in [0.3, 0.4) is 0 Å². The molecule has 142 valence electrons. The fourth-order valence-corrected chi connectivity index (χ4v) is 3.91. The predicted octanol–water partition coefficient (Wildman–Crippen LogP) is 4.39. The number of anilines is 2. The highest BCUT2D eigenvalue weighted by Crippen LogP contribution is 2.35. The Labute approximate surface area is 164 Å². The fraction of sp³-hybridized carbons (Fsp3) is 0.318. The average molecular weight is 373 g/mol. The van der Waals surface area contributed by atoms with Gasteiger partial charge in [0.15, 0.2) is 11.6 Å². The molecule has 0 atom stereocenters. The van der Waals surface area contributed by atoms with Crippen molar-refractivity contribution < 1.29 is 4.74 Å². The third kappa shape index (κ3) is 3.09. The Kier molecular flexibility index (Phi) is 4.74. The Hall–Kier alpha value is -3.33. The van der Waals surface area contributed by atoms with Crippen molar-refractivity contribution in [2.45, 2.75) is 39.5 Å². The van der Waals surface area contributed by atoms with E-state index in [0.717, 1.165) is 59.7 Å². The van der Waals surface area contributed by atoms with Crippen LogP contribution in [0.15, 0.2) is 30.3 Å². The molecule has 1 aliphatic rings. The molecule has 4 rings (SSSR count). The maximum Gasteiger partial charge on any atom is 0.159 e. The zero-order valence-electron chi connectivity index (χ0n) is 16.4. The molecule has 2 aromatic heterocycles. The van der Waals surface area contributed by atoms with E-state index in [2.05, 4.69) is 16.5 Å². The molecule has 1 N–H and O–H groups in total. The molecule has 0 spiro atoms. The smallest absolute Gasteiger partial charge is 0.159 e. The van der Waals surface area contributed by atoms with E-state index in [1.165, 1.54) is 0 Å². The minimum atomic E-state index is 0.551. The molecule has 6 nitrogen and oxygen atoms in total. The van der Waals surface area contributed by atoms with E-state index < -0.39 is 0 Å². The molecule has 0 saturated heterocycles. The number of rotatable bonds is 4. The van der Waals surface area contributed by atoms with Gasteiger partial charge in [-0.05, 0) is 63.3 Å². The first-order valence-electron chi connectivity index (χ1n) is 9.52. The van der Waals surface area contributed by atoms with Crippen LogP contribution in [-0.4, -0.2) is 21.9 Å². The van der Waals surface area contributed by atoms with Gasteiger partial charge in [-0.25, -0.2) is 9.67 Å². The minimum absolute atomic E-state index is 0.551. The van der Waals surface area contributed by atoms with Crippen molar-refractivity contribution in [1.29, 1.82) is 5.26 Å². The number of methoxy groups -OCH3 is 1. The van der Waals surface area contributed by atoms with Crippen molar-refractivity contribution >= 4 is 11.5 Å². The molecule has 1 aliphatic carbocycles. The summed E-state index contributed by atoms with van der Waals surface area (Å²) in [6.45, 7) is 4.01. The van der Waals surface area contributed by atoms with Crippen molar-refractivity contribution in [1.82, 2.24) is 14.8 Å². The third-order valence-electron chi connectivity index (χ3n) is 5.18. The molecule has 0 amide bonds. The summed E-state index contributed by atoms with van der Waals surface area (Å²) in [7, 11) is 1.63. The van der Waals surface area contributed by atoms with Crippen LogP contribution < -0.4 is 10.1 Å². The first kappa shape index (κ1) is 18.1. The number of aromatic nitrogens is 3. The first-order valence-corrected chi connectivity index (χ1v) is 9.52. The van der Waals surface area contributed by atoms with Crippen molar-refractivity contribution in [2.24, 2.45) is 0 Å². The van der Waals surface area contributed by atoms with Gasteiger partial charge in [0.25, 0.3) is 0 Å². The highest BCUT2D eigenvalue weighted by atomic mass is 16.5. The van der Waals surface area contributed by atoms with Crippen LogP contribution in [0.5, 0.6) is 5.75 Å². The number of para-hydroxylation sites is 2. The molecule has 0 aliphatic heterocycles. The van der Waals surface area contributed by atoms with Crippen LogP contribution in [0.25, 0.3) is 5.82 Å². The first-order chi connectivity index (χ1) is 13.6. The normalized spacial score (nSPS) is 12.9. The number of aryl methyl sites for hydroxylation is 2. The van der Waals surface area contributed by atoms with Gasteiger partial charge in [0.1, 0.15) is 11.8 Å². The van der Waals surface area contributed by atoms with Crippen LogP contribution in [0.1, 0.15) is 40.9 Å². The lowest BCUT2D eigenvalue weighted by Gasteiger charge is -2.23. The molecule has 1 aromatic carbocycles. The Balaban J connectivity index is 1.92. The highest BCUT2D eigenvalue weighted by Gasteiger charge is 2.24. The molecule has 0 saturated carbocycles. The number of hydrogen-bond donors (Lipinski definition) is 1. The summed E-state index contributed by atoms with van der Waals surface area (Å²) >= 11 is 0. The van der Waals surface area contributed by atoms with E-state index >= 15 is 0 Å². The van der Waals surface area contributed by atoms with Gasteiger partial charge >= 0.3 is 0 Å². The van der Waals surface area contributed by atoms with Gasteiger partial charge in [0.2, 0.25) is 0 Å². The Morgan fingerprint density at radius 1 is 1.14 bits per heavy atom. The average Bonchev–Trinajstić information content (AvgIpc) is 3.05. The van der Waals surface area contributed by atoms with E-state index in [1.54, 1.807) is 7.11 Å². The maximum absolute atomic E-state index is 9.92. The van der Waals surface area contributed by atoms with E-state index in [0.29, 0.717) is 17.1 Å². The van der Waals surface area contributed by atoms with Crippen LogP contribution >= 0.6 is 0 Å². The lowest BCUT2D eigenvalue weighted by atomic mass is 9.89. The second-order valence-electron chi connectivity index (χ2n) is 7.10. The van der Waals surface area contributed by atoms with Crippen LogP contribution in [0.4, 0.5) is 11.5 Å². The molecule has 0 fully saturated rings. The quantitative estimate of drug-likeness (QED) is 0.734. The lowest BCUT2D eigenvalue weighted by Crippen LogP contribution is -2.16. The summed E-state index contributed by atoms with van der Waals surface area (Å²) < 4.78 is 7.35. The highest BCUT2D eigenvalue weighted by molar-refractivity contribution is 5.71. The third-order valence-corrected chi connectivity index (χ3v) is 5.18. The van der Waals surface area contributed by atoms with Crippen LogP contribution in [-0.2, 0) is 12.8 Å². The number of nitriles is 1. The van der Waals surface area contributed by atoms with E-state index in [1.807, 2.05) is 48.9 Å². The Bertz CT molecular complexity index is 1080. The number of hydrogen-bond acceptors (Lipinski definition) is 5. The summed E-state index contributed by atoms with van der Waals surface area (Å²) in [5.41, 5.74) is 5.61. The van der Waals surface area contributed by atoms with Crippen molar-refractivity contribution in [3.8, 4) is 17.6 Å². The van der Waals surface area contributed by atoms with Crippen molar-refractivity contribution in [2.75, 3.05) is 12.4 Å². The fourth-order valence-electron chi connectivity index (χ4n) is 3.91. The Morgan fingerprint density at radius 2 is 1.89 bits per heavy atom. The topological polar surface area (TPSA) is 75.8 Å². The summed E-state index contributed by atoms with van der Waals surface area (Å²) in [5, 5.41) is 17.9. The maximum atomic E-state index is 9.92. The van der Waals surface area contributed by atoms with E-state index in [9.17, 15) is 5.26 Å². The van der Waals surface area contributed by atoms with Crippen molar-refractivity contribution in [3.63, 3.8) is 0 Å². The molecule has 0 unspecified atom stereocenters. The summed E-state index contributed by atoms with van der Waals surface area (Å²) in [4.78, 5) is 4.88. The SMILES string of the molecule is COc1ccccc1Nc1nc(-n2nc(C)cc2C)c2c(c1C#N)CCCC2. The number of nitrogens with one attached hydrogen (secondary N) is 1. The number of benzene rings is 1. The molecule has 2 heterocycles. The molecule has 28 heavy (non-hydrogen) atoms. The van der Waals surface area contributed by atoms with Gasteiger partial charge in [-0.1, -0.05) is 12.1 Å². The number of fused-ring (bicyclic) bond motifs is 1. The largest absolute Gasteiger partial charge is 0.495 e. The number of ether oxygens (including phenoxy) is 1. The van der Waals surface area contributed by atoms with E-state index in [-0.39, 0.29) is 0 Å². The second-order valence-corrected chi connectivity index (χ2v) is 7.10. The van der Waals surface area contributed by atoms with Gasteiger partial charge in [0.05, 0.1) is 24.1 Å². The standard InChI is InChI=1S/C22H23N5O/c1-14-12-15(2)27(26-14)22-17-9-5-4-8-16(17)18(13-23)21(25-22)24-19-10-6-7-11-20(19)28-3/h6-7,10-12H,4-5,8-9H2,1-3H3,(H,24,25). The van der Waals surface area contributed by atoms with Gasteiger partial charge in [-0.2, -0.15) is 10.4 Å². The zero-order valence-corrected chi connectivity index (χ0v) is 16.4. The minimum Gasteiger partial charge on any atom is -0.495 e. The zero-order chi connectivity index (χ0) is 19.7. The van der Waals surface area contributed by atoms with Gasteiger partial charge in [-0.15, -0.1) is 0 Å². The molecule has 0 radical (unpaired) electrons. The monoisotopic (exact) mass is 373 g/mol. The summed E-state index contributed by atoms with van der Waals surface area (Å²) in [6, 6.07) is 12.1. The number of pyridine rings is 1. The van der Waals surface area contributed by atoms with E-state index in [4.69, 9.17) is 9.72 Å². The summed E-state index contributed by atoms with van der Waals surface area (Å²) in [6.07, 6.45) is 3.98. The van der Waals surface area contributed by atoms with Gasteiger partial charge in [-0.3, -0.25) is 0 Å².